The molecule has 4 nitrogen and oxygen atoms in total. The van der Waals surface area contributed by atoms with E-state index in [9.17, 15) is 4.79 Å². The lowest BCUT2D eigenvalue weighted by molar-refractivity contribution is -0.210. The number of amides is 1. The first-order valence-electron chi connectivity index (χ1n) is 9.27. The molecule has 26 heavy (non-hydrogen) atoms. The van der Waals surface area contributed by atoms with Gasteiger partial charge in [-0.15, -0.1) is 13.2 Å². The molecular formula is C22H31NO3. The molecule has 4 heteroatoms. The molecule has 142 valence electrons. The third-order valence-corrected chi connectivity index (χ3v) is 5.27. The standard InChI is InChI=1S/C22H31NO3/c1-6-8-15-25-16-17(3)22(14-7-2)21(24)23(5)18(4)20(26-22)19-12-10-9-11-13-19/h6-7,9-13,17-18,20H,1-2,8,14-16H2,3-5H3/t17-,18+,20+,22+/m1/s1. The van der Waals surface area contributed by atoms with Crippen molar-refractivity contribution < 1.29 is 14.3 Å². The quantitative estimate of drug-likeness (QED) is 0.492. The molecule has 4 atom stereocenters. The van der Waals surface area contributed by atoms with Gasteiger partial charge >= 0.3 is 0 Å². The maximum Gasteiger partial charge on any atom is 0.255 e. The summed E-state index contributed by atoms with van der Waals surface area (Å²) in [4.78, 5) is 15.0. The van der Waals surface area contributed by atoms with E-state index in [2.05, 4.69) is 25.3 Å². The van der Waals surface area contributed by atoms with Gasteiger partial charge in [-0.05, 0) is 18.9 Å². The Morgan fingerprint density at radius 3 is 2.62 bits per heavy atom. The largest absolute Gasteiger partial charge is 0.381 e. The van der Waals surface area contributed by atoms with Crippen LogP contribution in [-0.4, -0.2) is 42.7 Å². The first-order chi connectivity index (χ1) is 12.5. The molecule has 0 aromatic heterocycles. The lowest BCUT2D eigenvalue weighted by Gasteiger charge is -2.50. The molecule has 1 amide bonds. The maximum absolute atomic E-state index is 13.2. The highest BCUT2D eigenvalue weighted by atomic mass is 16.5. The number of ether oxygens (including phenoxy) is 2. The van der Waals surface area contributed by atoms with Gasteiger partial charge in [0.15, 0.2) is 5.60 Å². The molecular weight excluding hydrogens is 326 g/mol. The van der Waals surface area contributed by atoms with Crippen LogP contribution in [0.5, 0.6) is 0 Å². The molecule has 0 bridgehead atoms. The van der Waals surface area contributed by atoms with E-state index in [0.29, 0.717) is 19.6 Å². The van der Waals surface area contributed by atoms with Gasteiger partial charge in [-0.25, -0.2) is 0 Å². The first kappa shape index (κ1) is 20.4. The number of carbonyl (C=O) groups is 1. The molecule has 1 saturated heterocycles. The lowest BCUT2D eigenvalue weighted by atomic mass is 9.81. The molecule has 0 spiro atoms. The Morgan fingerprint density at radius 1 is 1.31 bits per heavy atom. The molecule has 1 aromatic carbocycles. The van der Waals surface area contributed by atoms with Crippen molar-refractivity contribution in [1.82, 2.24) is 4.90 Å². The zero-order chi connectivity index (χ0) is 19.2. The molecule has 0 aliphatic carbocycles. The Bertz CT molecular complexity index is 615. The Labute approximate surface area is 157 Å². The number of benzene rings is 1. The summed E-state index contributed by atoms with van der Waals surface area (Å²) in [5, 5.41) is 0. The fourth-order valence-electron chi connectivity index (χ4n) is 3.49. The number of rotatable bonds is 9. The van der Waals surface area contributed by atoms with Gasteiger partial charge in [0.05, 0.1) is 19.3 Å². The van der Waals surface area contributed by atoms with Crippen molar-refractivity contribution in [2.75, 3.05) is 20.3 Å². The fraction of sp³-hybridized carbons (Fsp3) is 0.500. The van der Waals surface area contributed by atoms with Crippen LogP contribution in [0.3, 0.4) is 0 Å². The molecule has 1 aliphatic rings. The lowest BCUT2D eigenvalue weighted by Crippen LogP contribution is -2.62. The zero-order valence-corrected chi connectivity index (χ0v) is 16.2. The van der Waals surface area contributed by atoms with E-state index in [4.69, 9.17) is 9.47 Å². The zero-order valence-electron chi connectivity index (χ0n) is 16.2. The highest BCUT2D eigenvalue weighted by Crippen LogP contribution is 2.42. The number of nitrogens with zero attached hydrogens (tertiary/aromatic N) is 1. The van der Waals surface area contributed by atoms with Crippen LogP contribution in [-0.2, 0) is 14.3 Å². The molecule has 0 saturated carbocycles. The van der Waals surface area contributed by atoms with Crippen molar-refractivity contribution in [3.63, 3.8) is 0 Å². The Hall–Kier alpha value is -1.91. The minimum atomic E-state index is -0.961. The van der Waals surface area contributed by atoms with Crippen molar-refractivity contribution in [3.8, 4) is 0 Å². The minimum absolute atomic E-state index is 0.00287. The van der Waals surface area contributed by atoms with Gasteiger partial charge in [0.25, 0.3) is 5.91 Å². The Morgan fingerprint density at radius 2 is 2.00 bits per heavy atom. The van der Waals surface area contributed by atoms with Gasteiger partial charge in [-0.1, -0.05) is 49.4 Å². The molecule has 2 rings (SSSR count). The number of carbonyl (C=O) groups excluding carboxylic acids is 1. The van der Waals surface area contributed by atoms with Gasteiger partial charge in [0, 0.05) is 19.4 Å². The molecule has 1 fully saturated rings. The van der Waals surface area contributed by atoms with E-state index < -0.39 is 5.60 Å². The van der Waals surface area contributed by atoms with E-state index in [1.165, 1.54) is 0 Å². The third-order valence-electron chi connectivity index (χ3n) is 5.27. The van der Waals surface area contributed by atoms with Crippen molar-refractivity contribution in [3.05, 3.63) is 61.2 Å². The SMILES string of the molecule is C=CCCOC[C@@H](C)[C@]1(CC=C)O[C@H](c2ccccc2)[C@H](C)N(C)C1=O. The van der Waals surface area contributed by atoms with Crippen molar-refractivity contribution in [2.45, 2.75) is 44.4 Å². The molecule has 0 radical (unpaired) electrons. The second-order valence-electron chi connectivity index (χ2n) is 7.04. The van der Waals surface area contributed by atoms with Crippen molar-refractivity contribution in [1.29, 1.82) is 0 Å². The van der Waals surface area contributed by atoms with Crippen LogP contribution in [0.4, 0.5) is 0 Å². The third kappa shape index (κ3) is 4.08. The predicted molar refractivity (Wildman–Crippen MR) is 105 cm³/mol. The van der Waals surface area contributed by atoms with Crippen LogP contribution in [0.25, 0.3) is 0 Å². The summed E-state index contributed by atoms with van der Waals surface area (Å²) in [6, 6.07) is 10.0. The topological polar surface area (TPSA) is 38.8 Å². The van der Waals surface area contributed by atoms with Crippen LogP contribution in [0, 0.1) is 5.92 Å². The van der Waals surface area contributed by atoms with E-state index in [1.807, 2.05) is 50.1 Å². The summed E-state index contributed by atoms with van der Waals surface area (Å²) < 4.78 is 12.3. The van der Waals surface area contributed by atoms with Crippen LogP contribution in [0.2, 0.25) is 0 Å². The molecule has 0 N–H and O–H groups in total. The smallest absolute Gasteiger partial charge is 0.255 e. The average molecular weight is 357 g/mol. The number of hydrogen-bond acceptors (Lipinski definition) is 3. The van der Waals surface area contributed by atoms with Gasteiger partial charge < -0.3 is 14.4 Å². The number of likely N-dealkylation sites (N-methyl/N-ethyl adjacent to an activating group) is 1. The second kappa shape index (κ2) is 9.15. The van der Waals surface area contributed by atoms with Gasteiger partial charge in [-0.3, -0.25) is 4.79 Å². The van der Waals surface area contributed by atoms with E-state index in [0.717, 1.165) is 12.0 Å². The molecule has 1 aromatic rings. The van der Waals surface area contributed by atoms with Crippen molar-refractivity contribution in [2.24, 2.45) is 5.92 Å². The summed E-state index contributed by atoms with van der Waals surface area (Å²) in [6.07, 6.45) is 4.66. The average Bonchev–Trinajstić information content (AvgIpc) is 2.66. The van der Waals surface area contributed by atoms with Crippen LogP contribution >= 0.6 is 0 Å². The van der Waals surface area contributed by atoms with Gasteiger partial charge in [0.1, 0.15) is 6.10 Å². The highest BCUT2D eigenvalue weighted by Gasteiger charge is 2.53. The normalized spacial score (nSPS) is 27.2. The summed E-state index contributed by atoms with van der Waals surface area (Å²) >= 11 is 0. The maximum atomic E-state index is 13.2. The van der Waals surface area contributed by atoms with Crippen LogP contribution in [0.1, 0.15) is 38.4 Å². The minimum Gasteiger partial charge on any atom is -0.381 e. The second-order valence-corrected chi connectivity index (χ2v) is 7.04. The highest BCUT2D eigenvalue weighted by molar-refractivity contribution is 5.87. The molecule has 1 aliphatic heterocycles. The summed E-state index contributed by atoms with van der Waals surface area (Å²) in [5.74, 6) is -0.101. The van der Waals surface area contributed by atoms with Crippen molar-refractivity contribution >= 4 is 5.91 Å². The first-order valence-corrected chi connectivity index (χ1v) is 9.27. The van der Waals surface area contributed by atoms with Crippen LogP contribution < -0.4 is 0 Å². The number of hydrogen-bond donors (Lipinski definition) is 0. The fourth-order valence-corrected chi connectivity index (χ4v) is 3.49. The summed E-state index contributed by atoms with van der Waals surface area (Å²) in [7, 11) is 1.86. The monoisotopic (exact) mass is 357 g/mol. The summed E-state index contributed by atoms with van der Waals surface area (Å²) in [5.41, 5.74) is 0.116. The Balaban J connectivity index is 2.30. The number of morpholine rings is 1. The van der Waals surface area contributed by atoms with E-state index >= 15 is 0 Å². The molecule has 1 heterocycles. The van der Waals surface area contributed by atoms with Gasteiger partial charge in [-0.2, -0.15) is 0 Å². The van der Waals surface area contributed by atoms with Crippen LogP contribution in [0.15, 0.2) is 55.6 Å². The van der Waals surface area contributed by atoms with Gasteiger partial charge in [0.2, 0.25) is 0 Å². The van der Waals surface area contributed by atoms with E-state index in [-0.39, 0.29) is 24.0 Å². The summed E-state index contributed by atoms with van der Waals surface area (Å²) in [6.45, 7) is 12.7. The van der Waals surface area contributed by atoms with E-state index in [1.54, 1.807) is 6.08 Å². The molecule has 0 unspecified atom stereocenters. The predicted octanol–water partition coefficient (Wildman–Crippen LogP) is 4.15. The Kier molecular flexibility index (Phi) is 7.18.